The van der Waals surface area contributed by atoms with Gasteiger partial charge >= 0.3 is 0 Å². The van der Waals surface area contributed by atoms with Crippen molar-refractivity contribution in [1.29, 1.82) is 0 Å². The molecule has 1 atom stereocenters. The average Bonchev–Trinajstić information content (AvgIpc) is 3.41. The van der Waals surface area contributed by atoms with E-state index in [1.807, 2.05) is 54.9 Å². The molecule has 1 unspecified atom stereocenters. The van der Waals surface area contributed by atoms with E-state index in [1.165, 1.54) is 10.8 Å². The van der Waals surface area contributed by atoms with E-state index >= 15 is 0 Å². The van der Waals surface area contributed by atoms with Gasteiger partial charge in [-0.3, -0.25) is 9.59 Å². The number of benzene rings is 2. The first kappa shape index (κ1) is 20.1. The van der Waals surface area contributed by atoms with Gasteiger partial charge in [0.15, 0.2) is 5.78 Å². The monoisotopic (exact) mass is 427 g/mol. The van der Waals surface area contributed by atoms with Gasteiger partial charge in [-0.2, -0.15) is 0 Å². The van der Waals surface area contributed by atoms with Gasteiger partial charge < -0.3 is 9.13 Å². The third kappa shape index (κ3) is 3.38. The third-order valence-corrected chi connectivity index (χ3v) is 6.14. The van der Waals surface area contributed by atoms with E-state index in [9.17, 15) is 14.0 Å². The number of carbonyl (C=O) groups is 1. The van der Waals surface area contributed by atoms with Crippen molar-refractivity contribution in [1.82, 2.24) is 14.1 Å². The van der Waals surface area contributed by atoms with E-state index in [2.05, 4.69) is 4.98 Å². The number of pyridine rings is 1. The lowest BCUT2D eigenvalue weighted by Gasteiger charge is -2.17. The summed E-state index contributed by atoms with van der Waals surface area (Å²) in [6.45, 7) is 3.79. The van der Waals surface area contributed by atoms with Gasteiger partial charge in [-0.1, -0.05) is 24.3 Å². The van der Waals surface area contributed by atoms with Crippen LogP contribution in [-0.4, -0.2) is 19.9 Å². The van der Waals surface area contributed by atoms with Crippen LogP contribution in [0.1, 0.15) is 50.8 Å². The molecular formula is C26H22FN3O2. The van der Waals surface area contributed by atoms with Crippen molar-refractivity contribution in [2.24, 2.45) is 0 Å². The molecule has 0 radical (unpaired) electrons. The Labute approximate surface area is 184 Å². The topological polar surface area (TPSA) is 56.9 Å². The highest BCUT2D eigenvalue weighted by Crippen LogP contribution is 2.33. The molecule has 0 amide bonds. The molecule has 0 spiro atoms. The van der Waals surface area contributed by atoms with Gasteiger partial charge in [0.1, 0.15) is 5.82 Å². The van der Waals surface area contributed by atoms with Crippen molar-refractivity contribution >= 4 is 5.78 Å². The molecule has 0 aliphatic heterocycles. The zero-order valence-corrected chi connectivity index (χ0v) is 17.9. The Morgan fingerprint density at radius 3 is 2.66 bits per heavy atom. The number of hydrogen-bond acceptors (Lipinski definition) is 3. The van der Waals surface area contributed by atoms with Gasteiger partial charge in [-0.05, 0) is 67.6 Å². The predicted molar refractivity (Wildman–Crippen MR) is 120 cm³/mol. The Balaban J connectivity index is 1.54. The summed E-state index contributed by atoms with van der Waals surface area (Å²) in [7, 11) is 0. The summed E-state index contributed by atoms with van der Waals surface area (Å²) >= 11 is 0. The summed E-state index contributed by atoms with van der Waals surface area (Å²) in [5, 5.41) is 0. The van der Waals surface area contributed by atoms with Crippen molar-refractivity contribution in [3.05, 3.63) is 117 Å². The number of hydrogen-bond donors (Lipinski definition) is 0. The summed E-state index contributed by atoms with van der Waals surface area (Å²) in [5.41, 5.74) is 4.53. The lowest BCUT2D eigenvalue weighted by atomic mass is 10.0. The zero-order chi connectivity index (χ0) is 22.4. The lowest BCUT2D eigenvalue weighted by Crippen LogP contribution is -2.30. The van der Waals surface area contributed by atoms with Crippen LogP contribution in [-0.2, 0) is 6.42 Å². The molecule has 0 bridgehead atoms. The first-order valence-electron chi connectivity index (χ1n) is 10.6. The van der Waals surface area contributed by atoms with Crippen LogP contribution in [0.4, 0.5) is 4.39 Å². The highest BCUT2D eigenvalue weighted by Gasteiger charge is 2.27. The predicted octanol–water partition coefficient (Wildman–Crippen LogP) is 4.56. The molecule has 1 aliphatic rings. The Morgan fingerprint density at radius 1 is 1.09 bits per heavy atom. The minimum Gasteiger partial charge on any atom is -0.306 e. The van der Waals surface area contributed by atoms with Gasteiger partial charge in [0.25, 0.3) is 5.56 Å². The maximum absolute atomic E-state index is 14.6. The second-order valence-corrected chi connectivity index (χ2v) is 8.29. The lowest BCUT2D eigenvalue weighted by molar-refractivity contribution is 0.103. The summed E-state index contributed by atoms with van der Waals surface area (Å²) < 4.78 is 17.8. The van der Waals surface area contributed by atoms with E-state index in [1.54, 1.807) is 18.5 Å². The van der Waals surface area contributed by atoms with Crippen LogP contribution in [0.3, 0.4) is 0 Å². The molecule has 4 aromatic rings. The smallest absolute Gasteiger partial charge is 0.262 e. The first-order chi connectivity index (χ1) is 15.4. The molecule has 2 aromatic carbocycles. The average molecular weight is 427 g/mol. The van der Waals surface area contributed by atoms with Crippen molar-refractivity contribution in [3.63, 3.8) is 0 Å². The van der Waals surface area contributed by atoms with Gasteiger partial charge in [0.05, 0.1) is 23.6 Å². The number of carbonyl (C=O) groups excluding carboxylic acids is 1. The van der Waals surface area contributed by atoms with E-state index in [4.69, 9.17) is 0 Å². The summed E-state index contributed by atoms with van der Waals surface area (Å²) in [4.78, 5) is 30.7. The van der Waals surface area contributed by atoms with Gasteiger partial charge in [0, 0.05) is 23.6 Å². The largest absolute Gasteiger partial charge is 0.306 e. The highest BCUT2D eigenvalue weighted by molar-refractivity contribution is 6.09. The Morgan fingerprint density at radius 2 is 1.91 bits per heavy atom. The number of aryl methyl sites for hydroxylation is 3. The number of nitrogens with zero attached hydrogens (tertiary/aromatic N) is 3. The Bertz CT molecular complexity index is 1420. The number of aromatic nitrogens is 3. The van der Waals surface area contributed by atoms with Crippen LogP contribution < -0.4 is 5.56 Å². The Kier molecular flexibility index (Phi) is 4.85. The molecule has 0 saturated heterocycles. The number of ketones is 1. The second kappa shape index (κ2) is 7.71. The van der Waals surface area contributed by atoms with Crippen molar-refractivity contribution in [3.8, 4) is 5.69 Å². The van der Waals surface area contributed by atoms with E-state index in [-0.39, 0.29) is 11.6 Å². The second-order valence-electron chi connectivity index (χ2n) is 8.29. The van der Waals surface area contributed by atoms with Crippen molar-refractivity contribution in [2.45, 2.75) is 32.7 Å². The number of halogens is 1. The molecule has 5 nitrogen and oxygen atoms in total. The van der Waals surface area contributed by atoms with Gasteiger partial charge in [-0.15, -0.1) is 0 Å². The molecule has 6 heteroatoms. The molecule has 1 aliphatic carbocycles. The molecule has 0 N–H and O–H groups in total. The SMILES string of the molecule is Cc1cn(-c2ccc(C(=O)c3cc(F)cn(C4CCc5ccccc54)c3=O)cc2C)cn1. The van der Waals surface area contributed by atoms with Crippen LogP contribution in [0.2, 0.25) is 0 Å². The normalized spacial score (nSPS) is 15.0. The van der Waals surface area contributed by atoms with Crippen LogP contribution >= 0.6 is 0 Å². The van der Waals surface area contributed by atoms with Crippen LogP contribution in [0.5, 0.6) is 0 Å². The van der Waals surface area contributed by atoms with Gasteiger partial charge in [-0.25, -0.2) is 9.37 Å². The van der Waals surface area contributed by atoms with Crippen LogP contribution in [0, 0.1) is 19.7 Å². The standard InChI is InChI=1S/C26H22FN3O2/c1-16-11-19(8-9-23(16)29-13-17(2)28-15-29)25(31)22-12-20(27)14-30(26(22)32)24-10-7-18-5-3-4-6-21(18)24/h3-6,8-9,11-15,24H,7,10H2,1-2H3. The number of imidazole rings is 1. The fraction of sp³-hybridized carbons (Fsp3) is 0.192. The van der Waals surface area contributed by atoms with Crippen LogP contribution in [0.25, 0.3) is 5.69 Å². The maximum Gasteiger partial charge on any atom is 0.262 e. The van der Waals surface area contributed by atoms with E-state index in [0.717, 1.165) is 40.6 Å². The molecule has 0 fully saturated rings. The molecule has 5 rings (SSSR count). The zero-order valence-electron chi connectivity index (χ0n) is 17.9. The summed E-state index contributed by atoms with van der Waals surface area (Å²) in [6, 6.07) is 13.9. The maximum atomic E-state index is 14.6. The molecule has 2 heterocycles. The summed E-state index contributed by atoms with van der Waals surface area (Å²) in [5.74, 6) is -1.08. The first-order valence-corrected chi connectivity index (χ1v) is 10.6. The fourth-order valence-corrected chi connectivity index (χ4v) is 4.58. The fourth-order valence-electron chi connectivity index (χ4n) is 4.58. The number of rotatable bonds is 4. The molecule has 0 saturated carbocycles. The molecular weight excluding hydrogens is 405 g/mol. The molecule has 32 heavy (non-hydrogen) atoms. The Hall–Kier alpha value is -3.80. The van der Waals surface area contributed by atoms with Crippen molar-refractivity contribution in [2.75, 3.05) is 0 Å². The van der Waals surface area contributed by atoms with Crippen LogP contribution in [0.15, 0.2) is 72.0 Å². The van der Waals surface area contributed by atoms with E-state index < -0.39 is 17.2 Å². The quantitative estimate of drug-likeness (QED) is 0.449. The van der Waals surface area contributed by atoms with Crippen molar-refractivity contribution < 1.29 is 9.18 Å². The van der Waals surface area contributed by atoms with Gasteiger partial charge in [0.2, 0.25) is 0 Å². The highest BCUT2D eigenvalue weighted by atomic mass is 19.1. The third-order valence-electron chi connectivity index (χ3n) is 6.14. The summed E-state index contributed by atoms with van der Waals surface area (Å²) in [6.07, 6.45) is 6.34. The van der Waals surface area contributed by atoms with E-state index in [0.29, 0.717) is 12.0 Å². The minimum atomic E-state index is -0.598. The molecule has 160 valence electrons. The molecule has 2 aromatic heterocycles. The minimum absolute atomic E-state index is 0.153. The number of fused-ring (bicyclic) bond motifs is 1.